The topological polar surface area (TPSA) is 79.9 Å². The summed E-state index contributed by atoms with van der Waals surface area (Å²) >= 11 is 6.49. The van der Waals surface area contributed by atoms with E-state index in [1.54, 1.807) is 18.2 Å². The average Bonchev–Trinajstić information content (AvgIpc) is 2.60. The molecule has 136 valence electrons. The van der Waals surface area contributed by atoms with Crippen molar-refractivity contribution in [1.82, 2.24) is 10.2 Å². The molecule has 0 radical (unpaired) electrons. The zero-order valence-electron chi connectivity index (χ0n) is 14.2. The van der Waals surface area contributed by atoms with Gasteiger partial charge in [-0.2, -0.15) is 0 Å². The second-order valence-electron chi connectivity index (χ2n) is 5.09. The van der Waals surface area contributed by atoms with Gasteiger partial charge in [-0.05, 0) is 26.0 Å². The first-order valence-electron chi connectivity index (χ1n) is 7.95. The lowest BCUT2D eigenvalue weighted by molar-refractivity contribution is -0.117. The molecule has 0 saturated heterocycles. The maximum Gasteiger partial charge on any atom is 0.325 e. The van der Waals surface area contributed by atoms with E-state index in [-0.39, 0.29) is 5.75 Å². The van der Waals surface area contributed by atoms with Crippen molar-refractivity contribution >= 4 is 45.9 Å². The number of thiocarbonyl (C=S) groups is 1. The summed E-state index contributed by atoms with van der Waals surface area (Å²) in [5.74, 6) is 0.879. The van der Waals surface area contributed by atoms with E-state index < -0.39 is 11.9 Å². The smallest absolute Gasteiger partial charge is 0.325 e. The number of carbonyl (C=O) groups excluding carboxylic acids is 2. The van der Waals surface area contributed by atoms with E-state index >= 15 is 0 Å². The molecular formula is C16H21N3O4S2. The van der Waals surface area contributed by atoms with Crippen molar-refractivity contribution in [3.05, 3.63) is 18.2 Å². The SMILES string of the molecule is CCN(CC)C(=S)SCC(=O)NC(=O)Nc1ccc2c(c1)OCCO2. The van der Waals surface area contributed by atoms with Crippen molar-refractivity contribution < 1.29 is 19.1 Å². The third kappa shape index (κ3) is 5.79. The standard InChI is InChI=1S/C16H21N3O4S2/c1-3-19(4-2)16(24)25-10-14(20)18-15(21)17-11-5-6-12-13(9-11)23-8-7-22-12/h5-6,9H,3-4,7-8,10H2,1-2H3,(H2,17,18,20,21). The highest BCUT2D eigenvalue weighted by atomic mass is 32.2. The van der Waals surface area contributed by atoms with Crippen molar-refractivity contribution in [2.75, 3.05) is 37.4 Å². The molecule has 9 heteroatoms. The Morgan fingerprint density at radius 2 is 1.88 bits per heavy atom. The molecule has 1 aliphatic rings. The zero-order valence-corrected chi connectivity index (χ0v) is 15.8. The van der Waals surface area contributed by atoms with Gasteiger partial charge in [0.2, 0.25) is 5.91 Å². The minimum absolute atomic E-state index is 0.0872. The van der Waals surface area contributed by atoms with Gasteiger partial charge in [-0.3, -0.25) is 10.1 Å². The fraction of sp³-hybridized carbons (Fsp3) is 0.438. The minimum atomic E-state index is -0.601. The Balaban J connectivity index is 1.79. The number of hydrogen-bond donors (Lipinski definition) is 2. The lowest BCUT2D eigenvalue weighted by atomic mass is 10.2. The van der Waals surface area contributed by atoms with Crippen molar-refractivity contribution in [3.8, 4) is 11.5 Å². The zero-order chi connectivity index (χ0) is 18.2. The monoisotopic (exact) mass is 383 g/mol. The Labute approximate surface area is 156 Å². The number of thioether (sulfide) groups is 1. The number of carbonyl (C=O) groups is 2. The van der Waals surface area contributed by atoms with Crippen LogP contribution in [-0.2, 0) is 4.79 Å². The molecule has 1 heterocycles. The molecule has 1 aromatic rings. The van der Waals surface area contributed by atoms with Crippen LogP contribution >= 0.6 is 24.0 Å². The second kappa shape index (κ2) is 9.47. The van der Waals surface area contributed by atoms with E-state index in [2.05, 4.69) is 10.6 Å². The summed E-state index contributed by atoms with van der Waals surface area (Å²) in [6.45, 7) is 6.53. The largest absolute Gasteiger partial charge is 0.486 e. The highest BCUT2D eigenvalue weighted by molar-refractivity contribution is 8.23. The summed E-state index contributed by atoms with van der Waals surface area (Å²) in [7, 11) is 0. The number of fused-ring (bicyclic) bond motifs is 1. The van der Waals surface area contributed by atoms with E-state index in [9.17, 15) is 9.59 Å². The van der Waals surface area contributed by atoms with Gasteiger partial charge in [0.05, 0.1) is 5.75 Å². The Kier molecular flexibility index (Phi) is 7.32. The van der Waals surface area contributed by atoms with E-state index in [0.717, 1.165) is 13.1 Å². The van der Waals surface area contributed by atoms with E-state index in [1.807, 2.05) is 18.7 Å². The third-order valence-electron chi connectivity index (χ3n) is 3.40. The fourth-order valence-corrected chi connectivity index (χ4v) is 3.35. The normalized spacial score (nSPS) is 12.2. The van der Waals surface area contributed by atoms with Crippen molar-refractivity contribution in [2.45, 2.75) is 13.8 Å². The molecule has 0 spiro atoms. The summed E-state index contributed by atoms with van der Waals surface area (Å²) in [4.78, 5) is 25.8. The molecule has 0 atom stereocenters. The van der Waals surface area contributed by atoms with Gasteiger partial charge in [0.15, 0.2) is 11.5 Å². The van der Waals surface area contributed by atoms with Gasteiger partial charge in [-0.1, -0.05) is 24.0 Å². The van der Waals surface area contributed by atoms with Crippen LogP contribution in [0.3, 0.4) is 0 Å². The summed E-state index contributed by atoms with van der Waals surface area (Å²) in [5.41, 5.74) is 0.515. The molecular weight excluding hydrogens is 362 g/mol. The Bertz CT molecular complexity index is 650. The maximum atomic E-state index is 11.9. The van der Waals surface area contributed by atoms with Crippen LogP contribution in [0.4, 0.5) is 10.5 Å². The molecule has 0 bridgehead atoms. The molecule has 1 aromatic carbocycles. The van der Waals surface area contributed by atoms with Crippen LogP contribution in [0.5, 0.6) is 11.5 Å². The number of amides is 3. The van der Waals surface area contributed by atoms with Gasteiger partial charge in [-0.25, -0.2) is 4.79 Å². The molecule has 0 unspecified atom stereocenters. The molecule has 0 aromatic heterocycles. The van der Waals surface area contributed by atoms with Crippen LogP contribution in [0.15, 0.2) is 18.2 Å². The van der Waals surface area contributed by atoms with Crippen LogP contribution in [0.25, 0.3) is 0 Å². The van der Waals surface area contributed by atoms with Gasteiger partial charge in [0, 0.05) is 24.8 Å². The summed E-state index contributed by atoms with van der Waals surface area (Å²) < 4.78 is 11.5. The second-order valence-corrected chi connectivity index (χ2v) is 6.70. The summed E-state index contributed by atoms with van der Waals surface area (Å²) in [6, 6.07) is 4.45. The number of rotatable bonds is 5. The Morgan fingerprint density at radius 1 is 1.20 bits per heavy atom. The predicted octanol–water partition coefficient (Wildman–Crippen LogP) is 2.47. The fourth-order valence-electron chi connectivity index (χ4n) is 2.15. The molecule has 7 nitrogen and oxygen atoms in total. The van der Waals surface area contributed by atoms with E-state index in [0.29, 0.717) is 34.7 Å². The summed E-state index contributed by atoms with van der Waals surface area (Å²) in [6.07, 6.45) is 0. The molecule has 0 saturated carbocycles. The van der Waals surface area contributed by atoms with Crippen molar-refractivity contribution in [2.24, 2.45) is 0 Å². The summed E-state index contributed by atoms with van der Waals surface area (Å²) in [5, 5.41) is 4.88. The van der Waals surface area contributed by atoms with Crippen LogP contribution in [0.1, 0.15) is 13.8 Å². The van der Waals surface area contributed by atoms with Crippen molar-refractivity contribution in [1.29, 1.82) is 0 Å². The Morgan fingerprint density at radius 3 is 2.56 bits per heavy atom. The molecule has 1 aliphatic heterocycles. The van der Waals surface area contributed by atoms with Crippen LogP contribution in [0.2, 0.25) is 0 Å². The quantitative estimate of drug-likeness (QED) is 0.756. The van der Waals surface area contributed by atoms with Crippen molar-refractivity contribution in [3.63, 3.8) is 0 Å². The first-order valence-corrected chi connectivity index (χ1v) is 9.35. The molecule has 25 heavy (non-hydrogen) atoms. The number of ether oxygens (including phenoxy) is 2. The van der Waals surface area contributed by atoms with Gasteiger partial charge in [0.1, 0.15) is 17.5 Å². The first kappa shape index (κ1) is 19.3. The number of urea groups is 1. The average molecular weight is 383 g/mol. The first-order chi connectivity index (χ1) is 12.0. The minimum Gasteiger partial charge on any atom is -0.486 e. The lowest BCUT2D eigenvalue weighted by Gasteiger charge is -2.20. The van der Waals surface area contributed by atoms with Gasteiger partial charge < -0.3 is 19.7 Å². The molecule has 0 aliphatic carbocycles. The number of nitrogens with one attached hydrogen (secondary N) is 2. The number of hydrogen-bond acceptors (Lipinski definition) is 6. The molecule has 2 rings (SSSR count). The predicted molar refractivity (Wildman–Crippen MR) is 103 cm³/mol. The molecule has 0 fully saturated rings. The maximum absolute atomic E-state index is 11.9. The highest BCUT2D eigenvalue weighted by Gasteiger charge is 2.15. The van der Waals surface area contributed by atoms with Crippen LogP contribution in [0, 0.1) is 0 Å². The highest BCUT2D eigenvalue weighted by Crippen LogP contribution is 2.32. The number of imide groups is 1. The number of anilines is 1. The van der Waals surface area contributed by atoms with E-state index in [4.69, 9.17) is 21.7 Å². The van der Waals surface area contributed by atoms with Gasteiger partial charge in [-0.15, -0.1) is 0 Å². The van der Waals surface area contributed by atoms with Gasteiger partial charge >= 0.3 is 6.03 Å². The number of nitrogens with zero attached hydrogens (tertiary/aromatic N) is 1. The molecule has 2 N–H and O–H groups in total. The number of benzene rings is 1. The lowest BCUT2D eigenvalue weighted by Crippen LogP contribution is -2.36. The molecule has 3 amide bonds. The Hall–Kier alpha value is -2.00. The van der Waals surface area contributed by atoms with Crippen LogP contribution < -0.4 is 20.1 Å². The van der Waals surface area contributed by atoms with E-state index in [1.165, 1.54) is 11.8 Å². The van der Waals surface area contributed by atoms with Crippen LogP contribution in [-0.4, -0.2) is 53.2 Å². The third-order valence-corrected chi connectivity index (χ3v) is 4.92. The van der Waals surface area contributed by atoms with Gasteiger partial charge in [0.25, 0.3) is 0 Å².